The summed E-state index contributed by atoms with van der Waals surface area (Å²) >= 11 is 0. The summed E-state index contributed by atoms with van der Waals surface area (Å²) in [5, 5.41) is 0. The number of ether oxygens (including phenoxy) is 2. The number of nitrogens with zero attached hydrogens (tertiary/aromatic N) is 2. The SMILES string of the molecule is COc1ccccc1CN(C[C@H]1CCCO1)C(=O)c1ccc(F)cn1. The standard InChI is InChI=1S/C19H21FN2O3/c1-24-18-7-3-2-5-14(18)12-22(13-16-6-4-10-25-16)19(23)17-9-8-15(20)11-21-17/h2-3,5,7-9,11,16H,4,6,10,12-13H2,1H3/t16-/m1/s1. The molecule has 0 saturated carbocycles. The average Bonchev–Trinajstić information content (AvgIpc) is 3.15. The van der Waals surface area contributed by atoms with Gasteiger partial charge < -0.3 is 14.4 Å². The lowest BCUT2D eigenvalue weighted by Crippen LogP contribution is -2.37. The van der Waals surface area contributed by atoms with E-state index in [0.717, 1.165) is 37.0 Å². The van der Waals surface area contributed by atoms with E-state index in [0.29, 0.717) is 13.1 Å². The maximum atomic E-state index is 13.1. The van der Waals surface area contributed by atoms with E-state index in [1.54, 1.807) is 12.0 Å². The van der Waals surface area contributed by atoms with Crippen LogP contribution >= 0.6 is 0 Å². The van der Waals surface area contributed by atoms with Gasteiger partial charge in [0.15, 0.2) is 0 Å². The Morgan fingerprint density at radius 1 is 1.36 bits per heavy atom. The molecule has 1 saturated heterocycles. The van der Waals surface area contributed by atoms with Gasteiger partial charge in [-0.2, -0.15) is 0 Å². The van der Waals surface area contributed by atoms with Gasteiger partial charge in [0.2, 0.25) is 0 Å². The molecule has 5 nitrogen and oxygen atoms in total. The van der Waals surface area contributed by atoms with Crippen LogP contribution in [0.3, 0.4) is 0 Å². The number of carbonyl (C=O) groups is 1. The van der Waals surface area contributed by atoms with Crippen molar-refractivity contribution in [2.24, 2.45) is 0 Å². The van der Waals surface area contributed by atoms with Crippen LogP contribution in [0, 0.1) is 5.82 Å². The Balaban J connectivity index is 1.83. The number of hydrogen-bond donors (Lipinski definition) is 0. The quantitative estimate of drug-likeness (QED) is 0.808. The largest absolute Gasteiger partial charge is 0.496 e. The Morgan fingerprint density at radius 3 is 2.88 bits per heavy atom. The van der Waals surface area contributed by atoms with Crippen LogP contribution in [0.4, 0.5) is 4.39 Å². The molecule has 2 aromatic rings. The lowest BCUT2D eigenvalue weighted by Gasteiger charge is -2.26. The molecule has 1 aromatic heterocycles. The number of amides is 1. The summed E-state index contributed by atoms with van der Waals surface area (Å²) in [4.78, 5) is 18.5. The van der Waals surface area contributed by atoms with E-state index < -0.39 is 5.82 Å². The average molecular weight is 344 g/mol. The summed E-state index contributed by atoms with van der Waals surface area (Å²) in [6.07, 6.45) is 2.99. The van der Waals surface area contributed by atoms with Crippen molar-refractivity contribution in [3.63, 3.8) is 0 Å². The van der Waals surface area contributed by atoms with Gasteiger partial charge >= 0.3 is 0 Å². The van der Waals surface area contributed by atoms with Crippen molar-refractivity contribution in [2.75, 3.05) is 20.3 Å². The third-order valence-corrected chi connectivity index (χ3v) is 4.24. The second-order valence-corrected chi connectivity index (χ2v) is 5.99. The van der Waals surface area contributed by atoms with E-state index >= 15 is 0 Å². The molecule has 1 amide bonds. The fourth-order valence-electron chi connectivity index (χ4n) is 2.96. The molecule has 0 radical (unpaired) electrons. The Morgan fingerprint density at radius 2 is 2.20 bits per heavy atom. The summed E-state index contributed by atoms with van der Waals surface area (Å²) in [7, 11) is 1.60. The van der Waals surface area contributed by atoms with Crippen molar-refractivity contribution in [3.8, 4) is 5.75 Å². The van der Waals surface area contributed by atoms with E-state index in [1.165, 1.54) is 12.1 Å². The number of para-hydroxylation sites is 1. The first-order valence-electron chi connectivity index (χ1n) is 8.31. The van der Waals surface area contributed by atoms with Crippen LogP contribution in [-0.2, 0) is 11.3 Å². The van der Waals surface area contributed by atoms with Crippen LogP contribution in [0.25, 0.3) is 0 Å². The topological polar surface area (TPSA) is 51.7 Å². The van der Waals surface area contributed by atoms with Crippen LogP contribution in [-0.4, -0.2) is 42.2 Å². The predicted octanol–water partition coefficient (Wildman–Crippen LogP) is 3.05. The minimum absolute atomic E-state index is 0.0131. The molecule has 1 aliphatic heterocycles. The van der Waals surface area contributed by atoms with Gasteiger partial charge in [-0.1, -0.05) is 18.2 Å². The van der Waals surface area contributed by atoms with Gasteiger partial charge in [-0.05, 0) is 31.0 Å². The van der Waals surface area contributed by atoms with E-state index in [1.807, 2.05) is 24.3 Å². The maximum absolute atomic E-state index is 13.1. The number of pyridine rings is 1. The summed E-state index contributed by atoms with van der Waals surface area (Å²) in [5.74, 6) is 0.00747. The van der Waals surface area contributed by atoms with Gasteiger partial charge in [0.05, 0.1) is 19.4 Å². The van der Waals surface area contributed by atoms with Crippen LogP contribution in [0.1, 0.15) is 28.9 Å². The van der Waals surface area contributed by atoms with Crippen LogP contribution in [0.2, 0.25) is 0 Å². The molecular formula is C19H21FN2O3. The lowest BCUT2D eigenvalue weighted by atomic mass is 10.1. The van der Waals surface area contributed by atoms with Crippen molar-refractivity contribution in [3.05, 3.63) is 59.7 Å². The first-order valence-corrected chi connectivity index (χ1v) is 8.31. The first kappa shape index (κ1) is 17.4. The molecule has 0 unspecified atom stereocenters. The fraction of sp³-hybridized carbons (Fsp3) is 0.368. The zero-order valence-electron chi connectivity index (χ0n) is 14.2. The number of aromatic nitrogens is 1. The highest BCUT2D eigenvalue weighted by molar-refractivity contribution is 5.92. The third kappa shape index (κ3) is 4.33. The van der Waals surface area contributed by atoms with Crippen molar-refractivity contribution < 1.29 is 18.7 Å². The Labute approximate surface area is 146 Å². The zero-order valence-corrected chi connectivity index (χ0v) is 14.2. The molecule has 1 aromatic carbocycles. The summed E-state index contributed by atoms with van der Waals surface area (Å²) < 4.78 is 24.2. The van der Waals surface area contributed by atoms with Gasteiger partial charge in [-0.3, -0.25) is 4.79 Å². The third-order valence-electron chi connectivity index (χ3n) is 4.24. The van der Waals surface area contributed by atoms with Crippen LogP contribution in [0.15, 0.2) is 42.6 Å². The minimum Gasteiger partial charge on any atom is -0.496 e. The Bertz CT molecular complexity index is 715. The summed E-state index contributed by atoms with van der Waals surface area (Å²) in [6, 6.07) is 10.2. The number of hydrogen-bond acceptors (Lipinski definition) is 4. The van der Waals surface area contributed by atoms with Crippen molar-refractivity contribution in [1.29, 1.82) is 0 Å². The molecular weight excluding hydrogens is 323 g/mol. The molecule has 6 heteroatoms. The van der Waals surface area contributed by atoms with E-state index in [4.69, 9.17) is 9.47 Å². The van der Waals surface area contributed by atoms with Crippen molar-refractivity contribution >= 4 is 5.91 Å². The molecule has 0 aliphatic carbocycles. The highest BCUT2D eigenvalue weighted by atomic mass is 19.1. The first-order chi connectivity index (χ1) is 12.2. The van der Waals surface area contributed by atoms with Gasteiger partial charge in [-0.15, -0.1) is 0 Å². The van der Waals surface area contributed by atoms with E-state index in [9.17, 15) is 9.18 Å². The fourth-order valence-corrected chi connectivity index (χ4v) is 2.96. The van der Waals surface area contributed by atoms with E-state index in [-0.39, 0.29) is 17.7 Å². The molecule has 1 atom stereocenters. The second kappa shape index (κ2) is 8.07. The number of benzene rings is 1. The highest BCUT2D eigenvalue weighted by Gasteiger charge is 2.25. The Kier molecular flexibility index (Phi) is 5.60. The second-order valence-electron chi connectivity index (χ2n) is 5.99. The molecule has 1 aliphatic rings. The van der Waals surface area contributed by atoms with Gasteiger partial charge in [-0.25, -0.2) is 9.37 Å². The maximum Gasteiger partial charge on any atom is 0.272 e. The number of methoxy groups -OCH3 is 1. The zero-order chi connectivity index (χ0) is 17.6. The number of carbonyl (C=O) groups excluding carboxylic acids is 1. The summed E-state index contributed by atoms with van der Waals surface area (Å²) in [6.45, 7) is 1.56. The highest BCUT2D eigenvalue weighted by Crippen LogP contribution is 2.22. The van der Waals surface area contributed by atoms with Gasteiger partial charge in [0.1, 0.15) is 17.3 Å². The Hall–Kier alpha value is -2.47. The number of rotatable bonds is 6. The van der Waals surface area contributed by atoms with Gasteiger partial charge in [0.25, 0.3) is 5.91 Å². The molecule has 2 heterocycles. The van der Waals surface area contributed by atoms with E-state index in [2.05, 4.69) is 4.98 Å². The molecule has 132 valence electrons. The minimum atomic E-state index is -0.466. The monoisotopic (exact) mass is 344 g/mol. The molecule has 0 bridgehead atoms. The van der Waals surface area contributed by atoms with Gasteiger partial charge in [0, 0.05) is 25.3 Å². The van der Waals surface area contributed by atoms with Crippen LogP contribution in [0.5, 0.6) is 5.75 Å². The number of halogens is 1. The molecule has 3 rings (SSSR count). The molecule has 1 fully saturated rings. The van der Waals surface area contributed by atoms with Crippen molar-refractivity contribution in [1.82, 2.24) is 9.88 Å². The smallest absolute Gasteiger partial charge is 0.272 e. The predicted molar refractivity (Wildman–Crippen MR) is 90.9 cm³/mol. The lowest BCUT2D eigenvalue weighted by molar-refractivity contribution is 0.0501. The summed E-state index contributed by atoms with van der Waals surface area (Å²) in [5.41, 5.74) is 1.12. The molecule has 25 heavy (non-hydrogen) atoms. The van der Waals surface area contributed by atoms with Crippen molar-refractivity contribution in [2.45, 2.75) is 25.5 Å². The molecule has 0 N–H and O–H groups in total. The normalized spacial score (nSPS) is 16.6. The van der Waals surface area contributed by atoms with Crippen LogP contribution < -0.4 is 4.74 Å². The molecule has 0 spiro atoms.